The van der Waals surface area contributed by atoms with Crippen LogP contribution in [-0.4, -0.2) is 15.9 Å². The molecule has 2 aromatic heterocycles. The number of hydrogen-bond acceptors (Lipinski definition) is 5. The molecule has 0 aliphatic carbocycles. The van der Waals surface area contributed by atoms with Crippen molar-refractivity contribution in [3.05, 3.63) is 93.4 Å². The first-order valence-corrected chi connectivity index (χ1v) is 8.48. The summed E-state index contributed by atoms with van der Waals surface area (Å²) < 4.78 is 27.4. The van der Waals surface area contributed by atoms with Gasteiger partial charge in [0.2, 0.25) is 5.78 Å². The number of benzene rings is 1. The molecule has 0 fully saturated rings. The van der Waals surface area contributed by atoms with Gasteiger partial charge in [-0.2, -0.15) is 0 Å². The lowest BCUT2D eigenvalue weighted by atomic mass is 9.93. The Hall–Kier alpha value is -2.90. The molecule has 3 rings (SSSR count). The maximum absolute atomic E-state index is 14.2. The molecule has 1 aromatic carbocycles. The summed E-state index contributed by atoms with van der Waals surface area (Å²) in [5.74, 6) is -2.21. The minimum Gasteiger partial charge on any atom is -0.398 e. The lowest BCUT2D eigenvalue weighted by Gasteiger charge is -2.17. The van der Waals surface area contributed by atoms with Gasteiger partial charge in [0, 0.05) is 29.6 Å². The minimum absolute atomic E-state index is 0.158. The minimum atomic E-state index is -1.41. The first-order valence-electron chi connectivity index (χ1n) is 7.60. The summed E-state index contributed by atoms with van der Waals surface area (Å²) in [6.07, 6.45) is 1.49. The SMILES string of the molecule is NC(=C(C(=O)c1cccs1)C(O)c1cccnc1)c1ccc(F)cc1F. The van der Waals surface area contributed by atoms with Gasteiger partial charge < -0.3 is 10.8 Å². The zero-order valence-electron chi connectivity index (χ0n) is 13.4. The summed E-state index contributed by atoms with van der Waals surface area (Å²) in [6, 6.07) is 9.28. The standard InChI is InChI=1S/C19H14F2N2O2S/c20-12-5-6-13(14(21)9-12)17(22)16(19(25)15-4-2-8-26-15)18(24)11-3-1-7-23-10-11/h1-10,18,24H,22H2. The first kappa shape index (κ1) is 17.9. The number of Topliss-reactive ketones (excluding diaryl/α,β-unsaturated/α-hetero) is 1. The van der Waals surface area contributed by atoms with E-state index in [2.05, 4.69) is 4.98 Å². The van der Waals surface area contributed by atoms with Crippen molar-refractivity contribution in [2.24, 2.45) is 5.73 Å². The van der Waals surface area contributed by atoms with Crippen LogP contribution in [0.3, 0.4) is 0 Å². The Morgan fingerprint density at radius 1 is 1.19 bits per heavy atom. The van der Waals surface area contributed by atoms with Crippen molar-refractivity contribution in [2.45, 2.75) is 6.10 Å². The summed E-state index contributed by atoms with van der Waals surface area (Å²) in [6.45, 7) is 0. The van der Waals surface area contributed by atoms with Crippen LogP contribution in [0.2, 0.25) is 0 Å². The highest BCUT2D eigenvalue weighted by molar-refractivity contribution is 7.12. The van der Waals surface area contributed by atoms with Crippen LogP contribution in [0.15, 0.2) is 65.8 Å². The molecule has 0 bridgehead atoms. The van der Waals surface area contributed by atoms with E-state index in [0.29, 0.717) is 16.5 Å². The quantitative estimate of drug-likeness (QED) is 0.529. The lowest BCUT2D eigenvalue weighted by molar-refractivity contribution is 0.0992. The van der Waals surface area contributed by atoms with Gasteiger partial charge in [-0.25, -0.2) is 8.78 Å². The number of hydrogen-bond donors (Lipinski definition) is 2. The maximum Gasteiger partial charge on any atom is 0.203 e. The number of aliphatic hydroxyl groups is 1. The van der Waals surface area contributed by atoms with Crippen LogP contribution in [0.5, 0.6) is 0 Å². The van der Waals surface area contributed by atoms with Gasteiger partial charge in [0.15, 0.2) is 0 Å². The summed E-state index contributed by atoms with van der Waals surface area (Å²) in [5, 5.41) is 12.4. The molecule has 3 N–H and O–H groups in total. The topological polar surface area (TPSA) is 76.2 Å². The Morgan fingerprint density at radius 3 is 2.62 bits per heavy atom. The molecular formula is C19H14F2N2O2S. The highest BCUT2D eigenvalue weighted by Gasteiger charge is 2.27. The Labute approximate surface area is 152 Å². The Bertz CT molecular complexity index is 957. The van der Waals surface area contributed by atoms with Crippen LogP contribution in [-0.2, 0) is 0 Å². The monoisotopic (exact) mass is 372 g/mol. The van der Waals surface area contributed by atoms with Crippen LogP contribution >= 0.6 is 11.3 Å². The lowest BCUT2D eigenvalue weighted by Crippen LogP contribution is -2.18. The fourth-order valence-corrected chi connectivity index (χ4v) is 3.17. The molecule has 4 nitrogen and oxygen atoms in total. The molecule has 0 radical (unpaired) electrons. The van der Waals surface area contributed by atoms with Gasteiger partial charge in [0.25, 0.3) is 0 Å². The second-order valence-electron chi connectivity index (χ2n) is 5.45. The van der Waals surface area contributed by atoms with Crippen molar-refractivity contribution in [1.29, 1.82) is 0 Å². The van der Waals surface area contributed by atoms with E-state index in [1.807, 2.05) is 0 Å². The predicted octanol–water partition coefficient (Wildman–Crippen LogP) is 3.71. The van der Waals surface area contributed by atoms with Crippen LogP contribution < -0.4 is 5.73 Å². The highest BCUT2D eigenvalue weighted by atomic mass is 32.1. The van der Waals surface area contributed by atoms with E-state index < -0.39 is 23.5 Å². The van der Waals surface area contributed by atoms with Gasteiger partial charge in [-0.15, -0.1) is 11.3 Å². The molecule has 7 heteroatoms. The molecule has 0 amide bonds. The summed E-state index contributed by atoms with van der Waals surface area (Å²) in [5.41, 5.74) is 5.79. The van der Waals surface area contributed by atoms with Crippen molar-refractivity contribution in [3.8, 4) is 0 Å². The largest absolute Gasteiger partial charge is 0.398 e. The van der Waals surface area contributed by atoms with Crippen molar-refractivity contribution in [2.75, 3.05) is 0 Å². The van der Waals surface area contributed by atoms with Crippen LogP contribution in [0.1, 0.15) is 26.9 Å². The van der Waals surface area contributed by atoms with Crippen molar-refractivity contribution in [3.63, 3.8) is 0 Å². The number of carbonyl (C=O) groups is 1. The number of pyridine rings is 1. The zero-order valence-corrected chi connectivity index (χ0v) is 14.2. The molecule has 0 aliphatic rings. The van der Waals surface area contributed by atoms with E-state index in [-0.39, 0.29) is 16.8 Å². The Kier molecular flexibility index (Phi) is 5.20. The molecule has 1 unspecified atom stereocenters. The second kappa shape index (κ2) is 7.55. The number of halogens is 2. The maximum atomic E-state index is 14.2. The second-order valence-corrected chi connectivity index (χ2v) is 6.39. The van der Waals surface area contributed by atoms with Gasteiger partial charge in [-0.1, -0.05) is 12.1 Å². The van der Waals surface area contributed by atoms with Gasteiger partial charge >= 0.3 is 0 Å². The number of rotatable bonds is 5. The van der Waals surface area contributed by atoms with Gasteiger partial charge in [0.05, 0.1) is 16.1 Å². The van der Waals surface area contributed by atoms with E-state index in [4.69, 9.17) is 5.73 Å². The van der Waals surface area contributed by atoms with Crippen molar-refractivity contribution >= 4 is 22.8 Å². The number of aliphatic hydroxyl groups excluding tert-OH is 1. The third-order valence-electron chi connectivity index (χ3n) is 3.77. The van der Waals surface area contributed by atoms with E-state index in [1.165, 1.54) is 23.7 Å². The smallest absolute Gasteiger partial charge is 0.203 e. The molecule has 1 atom stereocenters. The molecule has 0 aliphatic heterocycles. The van der Waals surface area contributed by atoms with Crippen molar-refractivity contribution < 1.29 is 18.7 Å². The molecule has 132 valence electrons. The number of nitrogens with two attached hydrogens (primary N) is 1. The molecule has 0 saturated carbocycles. The number of aromatic nitrogens is 1. The van der Waals surface area contributed by atoms with Crippen molar-refractivity contribution in [1.82, 2.24) is 4.98 Å². The van der Waals surface area contributed by atoms with Crippen LogP contribution in [0, 0.1) is 11.6 Å². The predicted molar refractivity (Wildman–Crippen MR) is 95.3 cm³/mol. The fourth-order valence-electron chi connectivity index (χ4n) is 2.49. The number of nitrogens with zero attached hydrogens (tertiary/aromatic N) is 1. The average Bonchev–Trinajstić information content (AvgIpc) is 3.17. The Balaban J connectivity index is 2.18. The summed E-state index contributed by atoms with van der Waals surface area (Å²) >= 11 is 1.17. The zero-order chi connectivity index (χ0) is 18.7. The van der Waals surface area contributed by atoms with E-state index in [0.717, 1.165) is 12.1 Å². The summed E-state index contributed by atoms with van der Waals surface area (Å²) in [7, 11) is 0. The molecular weight excluding hydrogens is 358 g/mol. The van der Waals surface area contributed by atoms with E-state index >= 15 is 0 Å². The van der Waals surface area contributed by atoms with Gasteiger partial charge in [0.1, 0.15) is 17.7 Å². The highest BCUT2D eigenvalue weighted by Crippen LogP contribution is 2.31. The fraction of sp³-hybridized carbons (Fsp3) is 0.0526. The van der Waals surface area contributed by atoms with Gasteiger partial charge in [-0.3, -0.25) is 9.78 Å². The summed E-state index contributed by atoms with van der Waals surface area (Å²) in [4.78, 5) is 17.2. The molecule has 0 spiro atoms. The normalized spacial score (nSPS) is 13.2. The Morgan fingerprint density at radius 2 is 2.00 bits per heavy atom. The molecule has 2 heterocycles. The van der Waals surface area contributed by atoms with E-state index in [9.17, 15) is 18.7 Å². The van der Waals surface area contributed by atoms with E-state index in [1.54, 1.807) is 29.6 Å². The first-order chi connectivity index (χ1) is 12.5. The number of thiophene rings is 1. The molecule has 3 aromatic rings. The van der Waals surface area contributed by atoms with Crippen LogP contribution in [0.25, 0.3) is 5.70 Å². The number of carbonyl (C=O) groups excluding carboxylic acids is 1. The third kappa shape index (κ3) is 3.54. The molecule has 0 saturated heterocycles. The van der Waals surface area contributed by atoms with Gasteiger partial charge in [-0.05, 0) is 29.6 Å². The number of ketones is 1. The third-order valence-corrected chi connectivity index (χ3v) is 4.64. The van der Waals surface area contributed by atoms with Crippen LogP contribution in [0.4, 0.5) is 8.78 Å². The average molecular weight is 372 g/mol. The molecule has 26 heavy (non-hydrogen) atoms.